The van der Waals surface area contributed by atoms with E-state index in [0.29, 0.717) is 86.3 Å². The molecule has 0 aromatic carbocycles. The number of carbonyl (C=O) groups excluding carboxylic acids is 10. The molecule has 5 aliphatic carbocycles. The number of amides is 9. The molecule has 43 heteroatoms. The van der Waals surface area contributed by atoms with Crippen LogP contribution >= 0.6 is 35.9 Å². The number of thioether (sulfide) groups is 1. The van der Waals surface area contributed by atoms with Crippen molar-refractivity contribution in [3.8, 4) is 53.8 Å². The van der Waals surface area contributed by atoms with Gasteiger partial charge in [-0.3, -0.25) is 9.59 Å². The molecule has 10 fully saturated rings. The molecule has 5 heterocycles. The molecule has 0 aromatic rings. The number of aliphatic carboxylic acids is 1. The number of alkyl carbamates (subject to hydrolysis) is 1. The monoisotopic (exact) mass is 3200 g/mol. The first-order valence-electron chi connectivity index (χ1n) is 45.4. The predicted octanol–water partition coefficient (Wildman–Crippen LogP) is 11.2. The third-order valence-electron chi connectivity index (χ3n) is 18.1. The maximum Gasteiger partial charge on any atom is 1.00 e. The predicted molar refractivity (Wildman–Crippen MR) is 507 cm³/mol. The Kier molecular flexibility index (Phi) is 88.9. The van der Waals surface area contributed by atoms with Crippen LogP contribution in [0.15, 0.2) is 92.0 Å². The number of allylic oxidation sites excluding steroid dienone is 10. The number of nitriles is 1. The van der Waals surface area contributed by atoms with Gasteiger partial charge in [0.2, 0.25) is 11.8 Å². The van der Waals surface area contributed by atoms with Crippen LogP contribution in [0.5, 0.6) is 0 Å². The van der Waals surface area contributed by atoms with E-state index in [1.54, 1.807) is 38.5 Å². The van der Waals surface area contributed by atoms with Gasteiger partial charge in [-0.2, -0.15) is 5.26 Å². The zero-order valence-electron chi connectivity index (χ0n) is 88.7. The standard InChI is InChI=1S/C17H17N2O4S.C16H18NO4.C15H19O3.C14H14NO3S.C13H15O3.C7H4.C5H4N2O2S.C3H5NO2.C3H4.2CH4.Li.H2O.5W.5Y.9H2/c1-12(22-2)9-13-5-3-4-6-14(10-13)15(18-11-24)16(20)19-7-8-23-17(19)21;1-12(20-2)9-13-5-3-4-6-14(10-13)11-15(18)17-7-8-21-16(17)19;1-4-18-15(16)11-14-8-6-5-7-13(10-14)9-12(2)17-3;1-9(18-2)7-10-5-3-4-6-11(8-10)12-13(16)15-14(17)19-12;1-10(16-2)7-11-5-3-4-6-12(8-11)9-13(14)15;1-3-5-7-6-4-2;6-3-10-7-4(8)1-2-5(7)9;5-3-4-1-2-6-3;1-3-2;;;;;;;;;;;;;;;;;;;;;;;/h1,3,6,9,14-15H,4-5,7-8H2,2H3;1,3,6,9,14H,4-5,7-8,11H2,2H3;2,5,8-9,14H,4,6-7,11H2,1,3H3;1,3,6-7,11-12H,4-5H2,2H3,(H,15,16,17);1,3,6-7,12H,4-5,9H2,2H3,(H,14,15);1H,2H3;1-2H2;1-2H2,(H,4,5);1H,2H3;2*1H4;;1H2;;;;;;;;;;;9*1H/q5*-3;;;;;;;+1;;;;;;;;;;;;;;;;;;;;/p-1/i;;;;;;;;;;;;;;;;;;;;;;;6*1+1D;3*1+1. The van der Waals surface area contributed by atoms with E-state index in [4.69, 9.17) is 118 Å². The van der Waals surface area contributed by atoms with Crippen LogP contribution in [0, 0.1) is 186 Å². The first kappa shape index (κ1) is 138. The number of carbonyl (C=O) groups is 11. The zero-order chi connectivity index (χ0) is 109. The molecule has 138 heavy (non-hydrogen) atoms. The number of thiocyanates is 1. The van der Waals surface area contributed by atoms with Crippen molar-refractivity contribution >= 4 is 126 Å². The summed E-state index contributed by atoms with van der Waals surface area (Å²) < 4.78 is 111. The molecule has 753 valence electrons. The Morgan fingerprint density at radius 2 is 1.01 bits per heavy atom. The van der Waals surface area contributed by atoms with Crippen molar-refractivity contribution in [2.45, 2.75) is 143 Å². The number of ether oxygens (including phenoxy) is 9. The van der Waals surface area contributed by atoms with Gasteiger partial charge in [0.05, 0.1) is 18.5 Å². The maximum atomic E-state index is 12.8. The minimum Gasteiger partial charge on any atom is -0.870 e. The summed E-state index contributed by atoms with van der Waals surface area (Å²) in [6.07, 6.45) is 47.4. The van der Waals surface area contributed by atoms with E-state index in [1.807, 2.05) is 31.6 Å². The number of aliphatic imine (C=N–C) groups is 1. The van der Waals surface area contributed by atoms with Crippen molar-refractivity contribution in [3.63, 3.8) is 0 Å². The second-order valence-electron chi connectivity index (χ2n) is 26.8. The molecule has 0 bridgehead atoms. The van der Waals surface area contributed by atoms with Gasteiger partial charge in [0, 0.05) is 198 Å². The SMILES string of the molecule is C.C.C#CC.C#CC#CC#CC.N#CSN1C(=O)CCC1=O.O=C1NCCO1.[2HH].[2HH].[2HH].[2H][2H].[2H][2H].[2H][2H].[2H][2H].[2H][2H].[2H][2H].[CH-]=C(C=C1C[CH-]C[CH-]C(C(N=C=S)C(=O)N2CCOC2=O)[C]1=[W])OC.[CH-]=C(C=C1C[CH-]C[CH-]C(C2SC(=O)NC2=O)[C]1=[W])OC.[CH-]=C(C=C1C[CH-]C[CH-]C(CC(=O)N2CCOC2=O)[C]1=[W])OC.[CH-]=C(C=C1C[CH-]C[CH-]C(CC(=O)O)[C]1=[W])OC.[CH-]=C(C=C1C[CH-]C[CH-]C(CC(=O)OCC)[C]1=[W])OC.[Li+].[OH-].[Y].[Y].[Y].[Y].[Y]. The third kappa shape index (κ3) is 59.2. The normalized spacial score (nSPS) is 20.9. The molecule has 10 aliphatic rings. The molecule has 0 aromatic heterocycles. The molecular weight excluding hydrogens is 3060 g/mol. The average Bonchev–Trinajstić information content (AvgIpc) is 1.73. The molecule has 5 radical (unpaired) electrons. The number of hydrogen-bond acceptors (Lipinski definition) is 26. The number of hydrogen-bond donors (Lipinski definition) is 3. The number of rotatable bonds is 22. The quantitative estimate of drug-likeness (QED) is 0.00737. The van der Waals surface area contributed by atoms with E-state index >= 15 is 0 Å². The van der Waals surface area contributed by atoms with Gasteiger partial charge in [-0.15, -0.1) is 18.8 Å². The number of thiocarbonyl (C=S) groups is 1. The zero-order valence-corrected chi connectivity index (χ0v) is 108. The molecule has 9 amide bonds. The minimum absolute atomic E-state index is 0. The molecule has 4 N–H and O–H groups in total. The molecule has 5 aliphatic heterocycles. The number of terminal acetylenes is 2. The fourth-order valence-electron chi connectivity index (χ4n) is 11.9. The summed E-state index contributed by atoms with van der Waals surface area (Å²) in [6, 6.07) is -0.839. The van der Waals surface area contributed by atoms with Crippen LogP contribution in [0.4, 0.5) is 19.2 Å². The molecule has 10 rings (SSSR count). The first-order valence-corrected chi connectivity index (χ1v) is 48.8. The van der Waals surface area contributed by atoms with Crippen LogP contribution in [0.3, 0.4) is 0 Å². The van der Waals surface area contributed by atoms with Gasteiger partial charge in [-0.05, 0) is 37.5 Å². The van der Waals surface area contributed by atoms with Gasteiger partial charge in [0.25, 0.3) is 0 Å². The Labute approximate surface area is 1050 Å². The second kappa shape index (κ2) is 88.9. The summed E-state index contributed by atoms with van der Waals surface area (Å²) in [4.78, 5) is 132. The van der Waals surface area contributed by atoms with E-state index in [9.17, 15) is 52.7 Å². The van der Waals surface area contributed by atoms with E-state index in [0.717, 1.165) is 116 Å². The summed E-state index contributed by atoms with van der Waals surface area (Å²) in [5.41, 5.74) is 5.38. The number of isothiocyanates is 1. The molecule has 0 spiro atoms. The Bertz CT molecular complexity index is 4730. The number of nitrogens with one attached hydrogen (secondary N) is 2. The third-order valence-corrected chi connectivity index (χ3v) is 29.9. The number of esters is 1. The van der Waals surface area contributed by atoms with E-state index < -0.39 is 30.1 Å². The smallest absolute Gasteiger partial charge is 0.870 e. The van der Waals surface area contributed by atoms with Gasteiger partial charge in [-0.1, -0.05) is 20.8 Å². The van der Waals surface area contributed by atoms with Crippen molar-refractivity contribution < 1.29 is 407 Å². The largest absolute Gasteiger partial charge is 1.00 e. The number of carboxylic acids is 1. The summed E-state index contributed by atoms with van der Waals surface area (Å²) in [6.45, 7) is 36.4. The second-order valence-corrected chi connectivity index (χ2v) is 36.8. The number of nitrogens with zero attached hydrogens (tertiary/aromatic N) is 5. The number of imide groups is 4. The fraction of sp³-hybridized carbons (Fsp3) is 0.411. The molecule has 5 saturated heterocycles. The van der Waals surface area contributed by atoms with Crippen LogP contribution < -0.4 is 29.5 Å². The van der Waals surface area contributed by atoms with Crippen molar-refractivity contribution in [1.82, 2.24) is 24.7 Å². The van der Waals surface area contributed by atoms with Gasteiger partial charge in [0.15, 0.2) is 5.40 Å². The van der Waals surface area contributed by atoms with Crippen molar-refractivity contribution in [1.29, 1.82) is 5.26 Å². The van der Waals surface area contributed by atoms with Crippen LogP contribution in [0.1, 0.15) is 154 Å². The first-order chi connectivity index (χ1) is 67.6. The van der Waals surface area contributed by atoms with Crippen LogP contribution in [0.2, 0.25) is 0 Å². The Hall–Kier alpha value is -2.13. The summed E-state index contributed by atoms with van der Waals surface area (Å²) in [7, 11) is 7.63. The summed E-state index contributed by atoms with van der Waals surface area (Å²) in [5.74, 6) is 13.6. The van der Waals surface area contributed by atoms with Gasteiger partial charge in [-0.25, -0.2) is 9.10 Å². The molecular formula is C95H127LiN7O22S3W5Y5-15. The fourth-order valence-corrected chi connectivity index (χ4v) is 19.9. The molecule has 7 atom stereocenters. The molecule has 7 unspecified atom stereocenters. The van der Waals surface area contributed by atoms with Crippen LogP contribution in [-0.4, -0.2) is 207 Å². The van der Waals surface area contributed by atoms with Crippen molar-refractivity contribution in [3.05, 3.63) is 184 Å². The minimum atomic E-state index is -0.839. The van der Waals surface area contributed by atoms with Gasteiger partial charge < -0.3 is 15.5 Å². The van der Waals surface area contributed by atoms with E-state index in [1.165, 1.54) is 134 Å². The van der Waals surface area contributed by atoms with Crippen molar-refractivity contribution in [2.75, 3.05) is 81.6 Å². The molecule has 5 saturated carbocycles. The van der Waals surface area contributed by atoms with Gasteiger partial charge in [0.1, 0.15) is 6.61 Å². The number of carboxylic acid groups (broad SMARTS) is 1. The molecule has 29 nitrogen and oxygen atoms in total. The van der Waals surface area contributed by atoms with Gasteiger partial charge >= 0.3 is 703 Å². The van der Waals surface area contributed by atoms with E-state index in [-0.39, 0.29) is 328 Å². The van der Waals surface area contributed by atoms with Crippen LogP contribution in [-0.2, 0) is 337 Å². The maximum absolute atomic E-state index is 12.8. The summed E-state index contributed by atoms with van der Waals surface area (Å²) in [5, 5.41) is 25.1. The topological polar surface area (TPSA) is 391 Å². The Morgan fingerprint density at radius 3 is 1.34 bits per heavy atom. The van der Waals surface area contributed by atoms with Crippen molar-refractivity contribution in [2.24, 2.45) is 34.6 Å². The number of methoxy groups -OCH3 is 5. The van der Waals surface area contributed by atoms with E-state index in [2.05, 4.69) is 125 Å². The number of cyclic esters (lactones) is 3. The summed E-state index contributed by atoms with van der Waals surface area (Å²) >= 11 is 12.8. The Morgan fingerprint density at radius 1 is 0.616 bits per heavy atom. The Balaban J connectivity index is -0.0000000914. The average molecular weight is 3200 g/mol. The van der Waals surface area contributed by atoms with Crippen LogP contribution in [0.25, 0.3) is 0 Å².